The van der Waals surface area contributed by atoms with Crippen molar-refractivity contribution in [2.24, 2.45) is 0 Å². The molecule has 4 heteroatoms. The zero-order chi connectivity index (χ0) is 15.1. The van der Waals surface area contributed by atoms with Crippen molar-refractivity contribution in [2.75, 3.05) is 27.7 Å². The van der Waals surface area contributed by atoms with Crippen molar-refractivity contribution < 1.29 is 21.5 Å². The van der Waals surface area contributed by atoms with E-state index < -0.39 is 0 Å². The molecular formula is C19H44BrCl2N. The van der Waals surface area contributed by atoms with Crippen LogP contribution in [0.4, 0.5) is 0 Å². The number of hydrogen-bond donors (Lipinski definition) is 0. The quantitative estimate of drug-likeness (QED) is 0.268. The van der Waals surface area contributed by atoms with Crippen LogP contribution in [0.3, 0.4) is 0 Å². The second-order valence-electron chi connectivity index (χ2n) is 7.61. The maximum atomic E-state index is 2.29. The molecule has 0 fully saturated rings. The second kappa shape index (κ2) is 23.0. The Morgan fingerprint density at radius 1 is 0.478 bits per heavy atom. The first kappa shape index (κ1) is 31.8. The molecule has 0 aliphatic rings. The highest BCUT2D eigenvalue weighted by Crippen LogP contribution is 2.13. The highest BCUT2D eigenvalue weighted by Gasteiger charge is 2.04. The monoisotopic (exact) mass is 435 g/mol. The van der Waals surface area contributed by atoms with Crippen LogP contribution in [-0.2, 0) is 0 Å². The van der Waals surface area contributed by atoms with E-state index in [2.05, 4.69) is 28.1 Å². The Labute approximate surface area is 170 Å². The number of hydrogen-bond acceptors (Lipinski definition) is 0. The van der Waals surface area contributed by atoms with Crippen LogP contribution in [0.25, 0.3) is 0 Å². The van der Waals surface area contributed by atoms with E-state index in [1.807, 2.05) is 0 Å². The molecule has 0 aliphatic carbocycles. The minimum absolute atomic E-state index is 0. The Balaban J connectivity index is -0.000000602. The van der Waals surface area contributed by atoms with Gasteiger partial charge in [-0.15, -0.1) is 24.8 Å². The first-order valence-corrected chi connectivity index (χ1v) is 9.36. The Kier molecular flexibility index (Phi) is 31.8. The predicted molar refractivity (Wildman–Crippen MR) is 108 cm³/mol. The van der Waals surface area contributed by atoms with Gasteiger partial charge >= 0.3 is 0 Å². The summed E-state index contributed by atoms with van der Waals surface area (Å²) in [6.45, 7) is 3.63. The molecule has 0 radical (unpaired) electrons. The first-order chi connectivity index (χ1) is 9.56. The van der Waals surface area contributed by atoms with Crippen molar-refractivity contribution in [3.8, 4) is 0 Å². The average molecular weight is 437 g/mol. The van der Waals surface area contributed by atoms with Gasteiger partial charge in [0.25, 0.3) is 0 Å². The maximum absolute atomic E-state index is 2.29. The van der Waals surface area contributed by atoms with Crippen molar-refractivity contribution in [2.45, 2.75) is 96.8 Å². The molecule has 0 spiro atoms. The fourth-order valence-corrected chi connectivity index (χ4v) is 2.78. The lowest BCUT2D eigenvalue weighted by atomic mass is 10.0. The van der Waals surface area contributed by atoms with Gasteiger partial charge in [-0.1, -0.05) is 84.0 Å². The molecular weight excluding hydrogens is 393 g/mol. The normalized spacial score (nSPS) is 10.4. The smallest absolute Gasteiger partial charge is 0.0780 e. The molecule has 23 heavy (non-hydrogen) atoms. The van der Waals surface area contributed by atoms with Crippen LogP contribution < -0.4 is 17.0 Å². The van der Waals surface area contributed by atoms with Gasteiger partial charge in [-0.05, 0) is 12.8 Å². The molecule has 1 nitrogen and oxygen atoms in total. The molecule has 0 heterocycles. The molecule has 0 amide bonds. The van der Waals surface area contributed by atoms with Crippen LogP contribution in [0.15, 0.2) is 0 Å². The summed E-state index contributed by atoms with van der Waals surface area (Å²) < 4.78 is 1.12. The zero-order valence-corrected chi connectivity index (χ0v) is 19.5. The minimum Gasteiger partial charge on any atom is -1.00 e. The summed E-state index contributed by atoms with van der Waals surface area (Å²) in [6, 6.07) is 0. The third-order valence-corrected chi connectivity index (χ3v) is 4.18. The number of rotatable bonds is 15. The largest absolute Gasteiger partial charge is 1.00 e. The summed E-state index contributed by atoms with van der Waals surface area (Å²) in [5.74, 6) is 0. The van der Waals surface area contributed by atoms with Crippen molar-refractivity contribution in [1.82, 2.24) is 0 Å². The van der Waals surface area contributed by atoms with Crippen LogP contribution in [0.1, 0.15) is 96.8 Å². The minimum atomic E-state index is 0. The molecule has 0 unspecified atom stereocenters. The van der Waals surface area contributed by atoms with Crippen molar-refractivity contribution in [1.29, 1.82) is 0 Å². The third kappa shape index (κ3) is 31.3. The number of halogens is 3. The molecule has 0 saturated heterocycles. The van der Waals surface area contributed by atoms with E-state index in [1.165, 1.54) is 96.4 Å². The van der Waals surface area contributed by atoms with Gasteiger partial charge in [0, 0.05) is 0 Å². The highest BCUT2D eigenvalue weighted by atomic mass is 79.9. The SMILES string of the molecule is CCCCCCCCCCCCCCCC[N+](C)(C)C.Cl.Cl.[Br-]. The van der Waals surface area contributed by atoms with E-state index in [1.54, 1.807) is 0 Å². The van der Waals surface area contributed by atoms with Crippen molar-refractivity contribution in [3.05, 3.63) is 0 Å². The molecule has 0 atom stereocenters. The van der Waals surface area contributed by atoms with Gasteiger partial charge in [-0.2, -0.15) is 0 Å². The van der Waals surface area contributed by atoms with Crippen LogP contribution in [0.2, 0.25) is 0 Å². The fourth-order valence-electron chi connectivity index (χ4n) is 2.78. The third-order valence-electron chi connectivity index (χ3n) is 4.18. The van der Waals surface area contributed by atoms with Gasteiger partial charge < -0.3 is 21.5 Å². The Morgan fingerprint density at radius 3 is 1.00 bits per heavy atom. The van der Waals surface area contributed by atoms with Gasteiger partial charge in [0.1, 0.15) is 0 Å². The molecule has 0 saturated carbocycles. The second-order valence-corrected chi connectivity index (χ2v) is 7.61. The average Bonchev–Trinajstić information content (AvgIpc) is 2.38. The molecule has 0 aliphatic heterocycles. The van der Waals surface area contributed by atoms with Crippen molar-refractivity contribution >= 4 is 24.8 Å². The highest BCUT2D eigenvalue weighted by molar-refractivity contribution is 5.85. The van der Waals surface area contributed by atoms with Crippen LogP contribution >= 0.6 is 24.8 Å². The Bertz CT molecular complexity index is 196. The van der Waals surface area contributed by atoms with Crippen LogP contribution in [0.5, 0.6) is 0 Å². The maximum Gasteiger partial charge on any atom is 0.0780 e. The van der Waals surface area contributed by atoms with E-state index in [4.69, 9.17) is 0 Å². The van der Waals surface area contributed by atoms with Crippen LogP contribution in [0, 0.1) is 0 Å². The summed E-state index contributed by atoms with van der Waals surface area (Å²) in [6.07, 6.45) is 20.4. The number of quaternary nitrogens is 1. The topological polar surface area (TPSA) is 0 Å². The summed E-state index contributed by atoms with van der Waals surface area (Å²) in [7, 11) is 6.88. The summed E-state index contributed by atoms with van der Waals surface area (Å²) in [5, 5.41) is 0. The molecule has 146 valence electrons. The lowest BCUT2D eigenvalue weighted by Crippen LogP contribution is -3.00. The number of unbranched alkanes of at least 4 members (excludes halogenated alkanes) is 13. The Hall–Kier alpha value is 1.02. The molecule has 0 bridgehead atoms. The first-order valence-electron chi connectivity index (χ1n) is 9.36. The zero-order valence-electron chi connectivity index (χ0n) is 16.2. The van der Waals surface area contributed by atoms with E-state index in [-0.39, 0.29) is 41.8 Å². The fraction of sp³-hybridized carbons (Fsp3) is 1.00. The van der Waals surface area contributed by atoms with Crippen LogP contribution in [-0.4, -0.2) is 32.2 Å². The standard InChI is InChI=1S/C19H42N.BrH.2ClH/c1-5-6-7-8-9-10-11-12-13-14-15-16-17-18-19-20(2,3)4;;;/h5-19H2,1-4H3;3*1H/q+1;;;/p-1. The predicted octanol–water partition coefficient (Wildman–Crippen LogP) is 4.02. The summed E-state index contributed by atoms with van der Waals surface area (Å²) in [4.78, 5) is 0. The van der Waals surface area contributed by atoms with E-state index in [9.17, 15) is 0 Å². The van der Waals surface area contributed by atoms with E-state index in [0.717, 1.165) is 4.48 Å². The number of nitrogens with zero attached hydrogens (tertiary/aromatic N) is 1. The van der Waals surface area contributed by atoms with Gasteiger partial charge in [-0.3, -0.25) is 0 Å². The molecule has 0 aromatic carbocycles. The van der Waals surface area contributed by atoms with Gasteiger partial charge in [0.2, 0.25) is 0 Å². The van der Waals surface area contributed by atoms with Crippen molar-refractivity contribution in [3.63, 3.8) is 0 Å². The van der Waals surface area contributed by atoms with Gasteiger partial charge in [-0.25, -0.2) is 0 Å². The summed E-state index contributed by atoms with van der Waals surface area (Å²) >= 11 is 0. The lowest BCUT2D eigenvalue weighted by molar-refractivity contribution is -0.870. The molecule has 0 aromatic rings. The van der Waals surface area contributed by atoms with Gasteiger partial charge in [0.15, 0.2) is 0 Å². The molecule has 0 aromatic heterocycles. The van der Waals surface area contributed by atoms with Gasteiger partial charge in [0.05, 0.1) is 27.7 Å². The Morgan fingerprint density at radius 2 is 0.739 bits per heavy atom. The van der Waals surface area contributed by atoms with E-state index >= 15 is 0 Å². The molecule has 0 rings (SSSR count). The summed E-state index contributed by atoms with van der Waals surface area (Å²) in [5.41, 5.74) is 0. The lowest BCUT2D eigenvalue weighted by Gasteiger charge is -2.23. The van der Waals surface area contributed by atoms with E-state index in [0.29, 0.717) is 0 Å². The molecule has 0 N–H and O–H groups in total.